The first-order chi connectivity index (χ1) is 14.1. The first-order valence-electron chi connectivity index (χ1n) is 9.48. The number of hydrogen-bond acceptors (Lipinski definition) is 6. The van der Waals surface area contributed by atoms with Crippen LogP contribution in [-0.4, -0.2) is 36.5 Å². The Balaban J connectivity index is 1.73. The molecule has 0 saturated carbocycles. The Morgan fingerprint density at radius 3 is 2.79 bits per heavy atom. The zero-order valence-electron chi connectivity index (χ0n) is 16.1. The van der Waals surface area contributed by atoms with Crippen molar-refractivity contribution in [2.45, 2.75) is 23.8 Å². The molecule has 29 heavy (non-hydrogen) atoms. The second-order valence-corrected chi connectivity index (χ2v) is 7.72. The summed E-state index contributed by atoms with van der Waals surface area (Å²) < 4.78 is 11.5. The maximum Gasteiger partial charge on any atom is 0.256 e. The van der Waals surface area contributed by atoms with Crippen molar-refractivity contribution in [2.75, 3.05) is 19.4 Å². The molecule has 2 heterocycles. The lowest BCUT2D eigenvalue weighted by Crippen LogP contribution is -2.34. The van der Waals surface area contributed by atoms with Crippen LogP contribution in [0.3, 0.4) is 0 Å². The van der Waals surface area contributed by atoms with Crippen LogP contribution in [0.25, 0.3) is 11.0 Å². The normalized spacial score (nSPS) is 17.0. The molecule has 0 radical (unpaired) electrons. The molecule has 0 unspecified atom stereocenters. The van der Waals surface area contributed by atoms with Gasteiger partial charge in [-0.25, -0.2) is 4.99 Å². The fourth-order valence-corrected chi connectivity index (χ4v) is 3.64. The lowest BCUT2D eigenvalue weighted by atomic mass is 10.1. The van der Waals surface area contributed by atoms with E-state index >= 15 is 0 Å². The monoisotopic (exact) mass is 410 g/mol. The number of hydrogen-bond donors (Lipinski definition) is 2. The summed E-state index contributed by atoms with van der Waals surface area (Å²) in [6, 6.07) is 14.2. The number of phenolic OH excluding ortho intramolecular Hbond substituents is 1. The van der Waals surface area contributed by atoms with Crippen molar-refractivity contribution in [2.24, 2.45) is 4.99 Å². The number of ether oxygens (including phenoxy) is 1. The van der Waals surface area contributed by atoms with Crippen LogP contribution >= 0.6 is 11.8 Å². The molecule has 1 atom stereocenters. The Morgan fingerprint density at radius 1 is 1.24 bits per heavy atom. The lowest BCUT2D eigenvalue weighted by molar-refractivity contribution is 0.0854. The third-order valence-corrected chi connectivity index (χ3v) is 5.54. The number of thioether (sulfide) groups is 1. The minimum absolute atomic E-state index is 0.0489. The van der Waals surface area contributed by atoms with Crippen LogP contribution in [0.2, 0.25) is 0 Å². The van der Waals surface area contributed by atoms with Crippen molar-refractivity contribution in [1.82, 2.24) is 5.32 Å². The van der Waals surface area contributed by atoms with Crippen molar-refractivity contribution in [3.63, 3.8) is 0 Å². The Bertz CT molecular complexity index is 1090. The van der Waals surface area contributed by atoms with Crippen LogP contribution < -0.4 is 10.9 Å². The number of nitrogens with one attached hydrogen (secondary N) is 1. The van der Waals surface area contributed by atoms with Crippen LogP contribution in [0.5, 0.6) is 5.75 Å². The molecule has 150 valence electrons. The fraction of sp³-hybridized carbons (Fsp3) is 0.273. The second kappa shape index (κ2) is 8.71. The van der Waals surface area contributed by atoms with Gasteiger partial charge in [-0.15, -0.1) is 11.8 Å². The smallest absolute Gasteiger partial charge is 0.256 e. The highest BCUT2D eigenvalue weighted by Gasteiger charge is 2.18. The molecule has 1 saturated heterocycles. The topological polar surface area (TPSA) is 84.1 Å². The summed E-state index contributed by atoms with van der Waals surface area (Å²) >= 11 is 1.65. The van der Waals surface area contributed by atoms with E-state index in [9.17, 15) is 9.90 Å². The van der Waals surface area contributed by atoms with Gasteiger partial charge in [0.25, 0.3) is 5.91 Å². The Kier molecular flexibility index (Phi) is 5.87. The molecule has 1 aromatic heterocycles. The maximum atomic E-state index is 12.9. The van der Waals surface area contributed by atoms with Gasteiger partial charge in [0, 0.05) is 29.5 Å². The van der Waals surface area contributed by atoms with Gasteiger partial charge in [0.05, 0.1) is 11.8 Å². The van der Waals surface area contributed by atoms with E-state index in [1.165, 1.54) is 6.07 Å². The maximum absolute atomic E-state index is 12.9. The van der Waals surface area contributed by atoms with Crippen LogP contribution in [0.4, 0.5) is 5.69 Å². The Hall–Kier alpha value is -2.77. The van der Waals surface area contributed by atoms with E-state index in [1.807, 2.05) is 30.5 Å². The molecule has 0 spiro atoms. The second-order valence-electron chi connectivity index (χ2n) is 6.84. The van der Waals surface area contributed by atoms with Crippen molar-refractivity contribution in [3.8, 4) is 5.75 Å². The van der Waals surface area contributed by atoms with E-state index in [-0.39, 0.29) is 23.3 Å². The highest BCUT2D eigenvalue weighted by atomic mass is 32.2. The molecule has 1 aliphatic heterocycles. The lowest BCUT2D eigenvalue weighted by Gasteiger charge is -2.11. The number of amides is 1. The number of carbonyl (C=O) groups excluding carboxylic acids is 1. The predicted octanol–water partition coefficient (Wildman–Crippen LogP) is 4.00. The summed E-state index contributed by atoms with van der Waals surface area (Å²) in [5.74, 6) is -0.175. The SMILES string of the molecule is CSc1ccc(N=c2oc3cc(O)ccc3cc2C(=O)NC[C@H]2CCCO2)cc1. The minimum atomic E-state index is -0.265. The standard InChI is InChI=1S/C22H22N2O4S/c1-29-18-8-5-15(6-9-18)24-22-19(21(26)23-13-17-3-2-10-27-17)11-14-4-7-16(25)12-20(14)28-22/h4-9,11-12,17,25H,2-3,10,13H2,1H3,(H,23,26)/t17-/m1/s1. The number of fused-ring (bicyclic) bond motifs is 1. The van der Waals surface area contributed by atoms with Gasteiger partial charge in [0.2, 0.25) is 5.55 Å². The zero-order valence-corrected chi connectivity index (χ0v) is 16.9. The van der Waals surface area contributed by atoms with Crippen molar-refractivity contribution >= 4 is 34.3 Å². The van der Waals surface area contributed by atoms with Crippen molar-refractivity contribution < 1.29 is 19.1 Å². The first kappa shape index (κ1) is 19.5. The van der Waals surface area contributed by atoms with Gasteiger partial charge in [-0.2, -0.15) is 0 Å². The van der Waals surface area contributed by atoms with Gasteiger partial charge in [0.15, 0.2) is 0 Å². The average Bonchev–Trinajstić information content (AvgIpc) is 3.26. The van der Waals surface area contributed by atoms with E-state index in [1.54, 1.807) is 30.0 Å². The van der Waals surface area contributed by atoms with Crippen LogP contribution in [0.15, 0.2) is 62.8 Å². The number of rotatable bonds is 5. The van der Waals surface area contributed by atoms with E-state index in [2.05, 4.69) is 10.3 Å². The van der Waals surface area contributed by atoms with Crippen LogP contribution in [-0.2, 0) is 4.74 Å². The van der Waals surface area contributed by atoms with E-state index in [0.717, 1.165) is 24.3 Å². The molecular weight excluding hydrogens is 388 g/mol. The number of benzene rings is 2. The number of carbonyl (C=O) groups is 1. The predicted molar refractivity (Wildman–Crippen MR) is 113 cm³/mol. The molecule has 0 bridgehead atoms. The summed E-state index contributed by atoms with van der Waals surface area (Å²) in [5.41, 5.74) is 1.68. The Morgan fingerprint density at radius 2 is 2.07 bits per heavy atom. The van der Waals surface area contributed by atoms with E-state index in [0.29, 0.717) is 28.8 Å². The number of nitrogens with zero attached hydrogens (tertiary/aromatic N) is 1. The quantitative estimate of drug-likeness (QED) is 0.621. The largest absolute Gasteiger partial charge is 0.508 e. The fourth-order valence-electron chi connectivity index (χ4n) is 3.23. The molecule has 4 rings (SSSR count). The zero-order chi connectivity index (χ0) is 20.2. The summed E-state index contributed by atoms with van der Waals surface area (Å²) in [4.78, 5) is 18.6. The van der Waals surface area contributed by atoms with Crippen molar-refractivity contribution in [3.05, 3.63) is 59.6 Å². The summed E-state index contributed by atoms with van der Waals surface area (Å²) in [6.07, 6.45) is 4.02. The molecule has 1 fully saturated rings. The molecule has 0 aliphatic carbocycles. The van der Waals surface area contributed by atoms with Crippen LogP contribution in [0, 0.1) is 0 Å². The Labute approximate surface area is 172 Å². The molecule has 1 amide bonds. The molecule has 6 nitrogen and oxygen atoms in total. The third kappa shape index (κ3) is 4.63. The molecule has 2 aromatic carbocycles. The molecule has 1 aliphatic rings. The van der Waals surface area contributed by atoms with E-state index in [4.69, 9.17) is 9.15 Å². The van der Waals surface area contributed by atoms with Gasteiger partial charge in [-0.3, -0.25) is 4.79 Å². The highest BCUT2D eigenvalue weighted by Crippen LogP contribution is 2.22. The highest BCUT2D eigenvalue weighted by molar-refractivity contribution is 7.98. The summed E-state index contributed by atoms with van der Waals surface area (Å²) in [7, 11) is 0. The molecule has 2 N–H and O–H groups in total. The number of aromatic hydroxyl groups is 1. The van der Waals surface area contributed by atoms with E-state index < -0.39 is 0 Å². The van der Waals surface area contributed by atoms with Crippen LogP contribution in [0.1, 0.15) is 23.2 Å². The van der Waals surface area contributed by atoms with Gasteiger partial charge in [-0.1, -0.05) is 0 Å². The van der Waals surface area contributed by atoms with Gasteiger partial charge in [0.1, 0.15) is 16.9 Å². The van der Waals surface area contributed by atoms with Gasteiger partial charge >= 0.3 is 0 Å². The molecule has 3 aromatic rings. The van der Waals surface area contributed by atoms with Crippen molar-refractivity contribution in [1.29, 1.82) is 0 Å². The average molecular weight is 410 g/mol. The molecular formula is C22H22N2O4S. The third-order valence-electron chi connectivity index (χ3n) is 4.80. The van der Waals surface area contributed by atoms with Gasteiger partial charge < -0.3 is 19.6 Å². The molecule has 7 heteroatoms. The summed E-state index contributed by atoms with van der Waals surface area (Å²) in [6.45, 7) is 1.19. The number of phenols is 1. The van der Waals surface area contributed by atoms with Gasteiger partial charge in [-0.05, 0) is 61.6 Å². The first-order valence-corrected chi connectivity index (χ1v) is 10.7. The minimum Gasteiger partial charge on any atom is -0.508 e. The summed E-state index contributed by atoms with van der Waals surface area (Å²) in [5, 5.41) is 13.4.